The Hall–Kier alpha value is -2.43. The number of hydrogen-bond acceptors (Lipinski definition) is 4. The van der Waals surface area contributed by atoms with Crippen LogP contribution in [-0.2, 0) is 0 Å². The smallest absolute Gasteiger partial charge is 0.222 e. The number of fused-ring (bicyclic) bond motifs is 1. The highest BCUT2D eigenvalue weighted by Gasteiger charge is 2.15. The largest absolute Gasteiger partial charge is 0.507 e. The number of H-pyrrole nitrogens is 1. The number of phenolic OH excluding ortho intramolecular Hbond substituents is 1. The minimum atomic E-state index is 0.197. The van der Waals surface area contributed by atoms with Crippen molar-refractivity contribution in [3.8, 4) is 17.0 Å². The van der Waals surface area contributed by atoms with Gasteiger partial charge in [0.15, 0.2) is 0 Å². The van der Waals surface area contributed by atoms with Crippen molar-refractivity contribution in [1.29, 1.82) is 0 Å². The van der Waals surface area contributed by atoms with Crippen LogP contribution < -0.4 is 5.73 Å². The van der Waals surface area contributed by atoms with E-state index in [0.717, 1.165) is 22.2 Å². The number of aromatic hydroxyl groups is 1. The molecule has 0 spiro atoms. The van der Waals surface area contributed by atoms with Crippen molar-refractivity contribution >= 4 is 16.8 Å². The monoisotopic (exact) mass is 243 g/mol. The van der Waals surface area contributed by atoms with E-state index in [9.17, 15) is 5.11 Å². The number of nitrogens with two attached hydrogens (primary N) is 1. The molecule has 92 valence electrons. The average Bonchev–Trinajstić information content (AvgIpc) is 2.86. The normalized spacial score (nSPS) is 11.2. The molecule has 18 heavy (non-hydrogen) atoms. The molecule has 3 rings (SSSR count). The maximum absolute atomic E-state index is 10.4. The molecule has 0 unspecified atom stereocenters. The molecule has 0 radical (unpaired) electrons. The van der Waals surface area contributed by atoms with Crippen LogP contribution in [0.1, 0.15) is 11.3 Å². The van der Waals surface area contributed by atoms with Gasteiger partial charge in [-0.1, -0.05) is 5.16 Å². The summed E-state index contributed by atoms with van der Waals surface area (Å²) in [5, 5.41) is 15.0. The number of nitrogen functional groups attached to an aromatic ring is 1. The molecule has 0 bridgehead atoms. The predicted octanol–water partition coefficient (Wildman–Crippen LogP) is 2.73. The summed E-state index contributed by atoms with van der Waals surface area (Å²) in [5.74, 6) is 0.425. The second-order valence-corrected chi connectivity index (χ2v) is 4.37. The Morgan fingerprint density at radius 2 is 2.11 bits per heavy atom. The van der Waals surface area contributed by atoms with Gasteiger partial charge in [-0.25, -0.2) is 0 Å². The Kier molecular flexibility index (Phi) is 2.10. The number of aromatic amines is 1. The lowest BCUT2D eigenvalue weighted by atomic mass is 10.0. The zero-order valence-corrected chi connectivity index (χ0v) is 10.1. The van der Waals surface area contributed by atoms with E-state index in [2.05, 4.69) is 10.1 Å². The number of nitrogens with zero attached hydrogens (tertiary/aromatic N) is 1. The van der Waals surface area contributed by atoms with Crippen LogP contribution in [0.5, 0.6) is 5.75 Å². The van der Waals surface area contributed by atoms with E-state index in [1.807, 2.05) is 19.9 Å². The first kappa shape index (κ1) is 10.7. The Morgan fingerprint density at radius 3 is 2.78 bits per heavy atom. The van der Waals surface area contributed by atoms with Gasteiger partial charge in [0.05, 0.1) is 0 Å². The van der Waals surface area contributed by atoms with Crippen LogP contribution in [0, 0.1) is 13.8 Å². The van der Waals surface area contributed by atoms with Crippen molar-refractivity contribution in [2.45, 2.75) is 13.8 Å². The molecule has 5 heteroatoms. The van der Waals surface area contributed by atoms with Gasteiger partial charge in [-0.05, 0) is 31.5 Å². The van der Waals surface area contributed by atoms with E-state index in [1.165, 1.54) is 0 Å². The molecule has 0 saturated carbocycles. The molecule has 0 saturated heterocycles. The summed E-state index contributed by atoms with van der Waals surface area (Å²) in [6, 6.07) is 5.30. The van der Waals surface area contributed by atoms with E-state index < -0.39 is 0 Å². The van der Waals surface area contributed by atoms with Gasteiger partial charge in [-0.3, -0.25) is 0 Å². The van der Waals surface area contributed by atoms with Crippen LogP contribution >= 0.6 is 0 Å². The summed E-state index contributed by atoms with van der Waals surface area (Å²) < 4.78 is 4.83. The summed E-state index contributed by atoms with van der Waals surface area (Å²) >= 11 is 0. The van der Waals surface area contributed by atoms with Crippen molar-refractivity contribution in [2.24, 2.45) is 0 Å². The molecule has 4 N–H and O–H groups in total. The minimum absolute atomic E-state index is 0.197. The van der Waals surface area contributed by atoms with Gasteiger partial charge in [-0.15, -0.1) is 0 Å². The Balaban J connectivity index is 2.32. The maximum Gasteiger partial charge on any atom is 0.222 e. The average molecular weight is 243 g/mol. The van der Waals surface area contributed by atoms with Crippen LogP contribution in [0.2, 0.25) is 0 Å². The van der Waals surface area contributed by atoms with Crippen molar-refractivity contribution in [3.05, 3.63) is 29.5 Å². The molecule has 1 aromatic carbocycles. The molecule has 5 nitrogen and oxygen atoms in total. The van der Waals surface area contributed by atoms with Crippen molar-refractivity contribution in [1.82, 2.24) is 10.1 Å². The standard InChI is InChI=1S/C13H13N3O2/c1-6-7(2)15-9-4-3-8(13(17)12(6)9)10-5-11(14)18-16-10/h3-5,15,17H,14H2,1-2H3. The van der Waals surface area contributed by atoms with E-state index >= 15 is 0 Å². The number of phenols is 1. The lowest BCUT2D eigenvalue weighted by Gasteiger charge is -2.03. The summed E-state index contributed by atoms with van der Waals surface area (Å²) in [6.45, 7) is 3.94. The number of nitrogens with one attached hydrogen (secondary N) is 1. The first-order valence-electron chi connectivity index (χ1n) is 5.61. The highest BCUT2D eigenvalue weighted by molar-refractivity contribution is 5.95. The van der Waals surface area contributed by atoms with Gasteiger partial charge in [0.2, 0.25) is 5.88 Å². The van der Waals surface area contributed by atoms with Gasteiger partial charge >= 0.3 is 0 Å². The summed E-state index contributed by atoms with van der Waals surface area (Å²) in [5.41, 5.74) is 9.62. The summed E-state index contributed by atoms with van der Waals surface area (Å²) in [6.07, 6.45) is 0. The molecule has 0 fully saturated rings. The van der Waals surface area contributed by atoms with E-state index in [1.54, 1.807) is 12.1 Å². The topological polar surface area (TPSA) is 88.1 Å². The third-order valence-electron chi connectivity index (χ3n) is 3.24. The quantitative estimate of drug-likeness (QED) is 0.613. The molecular weight excluding hydrogens is 230 g/mol. The Morgan fingerprint density at radius 1 is 1.33 bits per heavy atom. The van der Waals surface area contributed by atoms with Gasteiger partial charge in [0.25, 0.3) is 0 Å². The van der Waals surface area contributed by atoms with Crippen LogP contribution in [0.15, 0.2) is 22.7 Å². The lowest BCUT2D eigenvalue weighted by molar-refractivity contribution is 0.437. The van der Waals surface area contributed by atoms with Gasteiger partial charge < -0.3 is 20.3 Å². The van der Waals surface area contributed by atoms with Crippen LogP contribution in [0.25, 0.3) is 22.2 Å². The minimum Gasteiger partial charge on any atom is -0.507 e. The number of aryl methyl sites for hydroxylation is 2. The summed E-state index contributed by atoms with van der Waals surface area (Å²) in [4.78, 5) is 3.22. The van der Waals surface area contributed by atoms with Gasteiger partial charge in [-0.2, -0.15) is 0 Å². The van der Waals surface area contributed by atoms with Crippen LogP contribution in [0.4, 0.5) is 5.88 Å². The third-order valence-corrected chi connectivity index (χ3v) is 3.24. The zero-order chi connectivity index (χ0) is 12.9. The highest BCUT2D eigenvalue weighted by atomic mass is 16.5. The zero-order valence-electron chi connectivity index (χ0n) is 10.1. The Labute approximate surface area is 103 Å². The number of anilines is 1. The fraction of sp³-hybridized carbons (Fsp3) is 0.154. The van der Waals surface area contributed by atoms with Crippen molar-refractivity contribution in [2.75, 3.05) is 5.73 Å². The second kappa shape index (κ2) is 3.53. The van der Waals surface area contributed by atoms with Crippen LogP contribution in [-0.4, -0.2) is 15.2 Å². The first-order chi connectivity index (χ1) is 8.58. The van der Waals surface area contributed by atoms with Gasteiger partial charge in [0.1, 0.15) is 11.4 Å². The van der Waals surface area contributed by atoms with Crippen molar-refractivity contribution in [3.63, 3.8) is 0 Å². The molecule has 0 aliphatic heterocycles. The number of hydrogen-bond donors (Lipinski definition) is 3. The van der Waals surface area contributed by atoms with E-state index in [4.69, 9.17) is 10.3 Å². The van der Waals surface area contributed by atoms with Gasteiger partial charge in [0, 0.05) is 28.2 Å². The molecule has 2 heterocycles. The number of rotatable bonds is 1. The lowest BCUT2D eigenvalue weighted by Crippen LogP contribution is -1.81. The second-order valence-electron chi connectivity index (χ2n) is 4.37. The predicted molar refractivity (Wildman–Crippen MR) is 69.3 cm³/mol. The van der Waals surface area contributed by atoms with Crippen molar-refractivity contribution < 1.29 is 9.63 Å². The molecule has 2 aromatic heterocycles. The Bertz CT molecular complexity index is 740. The number of benzene rings is 1. The first-order valence-corrected chi connectivity index (χ1v) is 5.61. The molecule has 0 aliphatic carbocycles. The number of aromatic nitrogens is 2. The van der Waals surface area contributed by atoms with Crippen LogP contribution in [0.3, 0.4) is 0 Å². The fourth-order valence-electron chi connectivity index (χ4n) is 2.18. The molecule has 0 amide bonds. The molecule has 0 atom stereocenters. The SMILES string of the molecule is Cc1[nH]c2ccc(-c3cc(N)on3)c(O)c2c1C. The van der Waals surface area contributed by atoms with E-state index in [-0.39, 0.29) is 11.6 Å². The third kappa shape index (κ3) is 1.37. The summed E-state index contributed by atoms with van der Waals surface area (Å²) in [7, 11) is 0. The highest BCUT2D eigenvalue weighted by Crippen LogP contribution is 2.38. The van der Waals surface area contributed by atoms with E-state index in [0.29, 0.717) is 11.3 Å². The molecule has 0 aliphatic rings. The molecular formula is C13H13N3O2. The molecule has 3 aromatic rings. The fourth-order valence-corrected chi connectivity index (χ4v) is 2.18. The maximum atomic E-state index is 10.4.